The fourth-order valence-corrected chi connectivity index (χ4v) is 3.40. The van der Waals surface area contributed by atoms with Crippen molar-refractivity contribution in [3.05, 3.63) is 34.6 Å². The molecule has 1 aromatic rings. The van der Waals surface area contributed by atoms with Crippen LogP contribution in [0.4, 0.5) is 4.39 Å². The first-order chi connectivity index (χ1) is 9.65. The summed E-state index contributed by atoms with van der Waals surface area (Å²) in [6.45, 7) is 4.64. The Bertz CT molecular complexity index is 438. The maximum absolute atomic E-state index is 13.5. The summed E-state index contributed by atoms with van der Waals surface area (Å²) in [5.41, 5.74) is 6.90. The maximum atomic E-state index is 13.5. The molecule has 0 aliphatic heterocycles. The molecule has 0 spiro atoms. The summed E-state index contributed by atoms with van der Waals surface area (Å²) in [6.07, 6.45) is 4.97. The van der Waals surface area contributed by atoms with Gasteiger partial charge >= 0.3 is 0 Å². The topological polar surface area (TPSA) is 29.3 Å². The van der Waals surface area contributed by atoms with Gasteiger partial charge in [0.2, 0.25) is 0 Å². The Balaban J connectivity index is 2.09. The van der Waals surface area contributed by atoms with Gasteiger partial charge in [-0.15, -0.1) is 0 Å². The SMILES string of the molecule is CCN(Cc1ccc(Cl)c(F)c1)C1CCCCC1CN. The molecule has 2 N–H and O–H groups in total. The minimum atomic E-state index is -0.334. The number of nitrogens with two attached hydrogens (primary N) is 1. The van der Waals surface area contributed by atoms with Gasteiger partial charge in [-0.2, -0.15) is 0 Å². The van der Waals surface area contributed by atoms with E-state index < -0.39 is 0 Å². The van der Waals surface area contributed by atoms with Crippen LogP contribution in [0.3, 0.4) is 0 Å². The lowest BCUT2D eigenvalue weighted by atomic mass is 9.83. The van der Waals surface area contributed by atoms with Gasteiger partial charge < -0.3 is 5.73 Å². The van der Waals surface area contributed by atoms with Gasteiger partial charge in [0.05, 0.1) is 5.02 Å². The van der Waals surface area contributed by atoms with Crippen LogP contribution in [0.15, 0.2) is 18.2 Å². The van der Waals surface area contributed by atoms with Crippen molar-refractivity contribution < 1.29 is 4.39 Å². The van der Waals surface area contributed by atoms with Gasteiger partial charge in [-0.05, 0) is 49.5 Å². The fraction of sp³-hybridized carbons (Fsp3) is 0.625. The summed E-state index contributed by atoms with van der Waals surface area (Å²) in [7, 11) is 0. The monoisotopic (exact) mass is 298 g/mol. The van der Waals surface area contributed by atoms with Crippen LogP contribution in [-0.4, -0.2) is 24.0 Å². The van der Waals surface area contributed by atoms with Crippen molar-refractivity contribution in [3.8, 4) is 0 Å². The number of nitrogens with zero attached hydrogens (tertiary/aromatic N) is 1. The zero-order valence-corrected chi connectivity index (χ0v) is 12.9. The molecule has 2 unspecified atom stereocenters. The van der Waals surface area contributed by atoms with E-state index in [1.807, 2.05) is 6.07 Å². The van der Waals surface area contributed by atoms with Crippen molar-refractivity contribution in [2.45, 2.75) is 45.2 Å². The molecule has 2 rings (SSSR count). The molecule has 0 amide bonds. The van der Waals surface area contributed by atoms with Gasteiger partial charge in [0, 0.05) is 12.6 Å². The molecule has 2 nitrogen and oxygen atoms in total. The van der Waals surface area contributed by atoms with Crippen LogP contribution in [0.1, 0.15) is 38.2 Å². The van der Waals surface area contributed by atoms with Crippen molar-refractivity contribution in [2.24, 2.45) is 11.7 Å². The predicted octanol–water partition coefficient (Wildman–Crippen LogP) is 3.82. The summed E-state index contributed by atoms with van der Waals surface area (Å²) < 4.78 is 13.5. The lowest BCUT2D eigenvalue weighted by molar-refractivity contribution is 0.105. The molecule has 1 aromatic carbocycles. The Kier molecular flexibility index (Phi) is 5.82. The first-order valence-corrected chi connectivity index (χ1v) is 7.91. The average molecular weight is 299 g/mol. The molecule has 1 aliphatic carbocycles. The normalized spacial score (nSPS) is 23.2. The number of halogens is 2. The van der Waals surface area contributed by atoms with E-state index in [2.05, 4.69) is 11.8 Å². The first-order valence-electron chi connectivity index (χ1n) is 7.53. The standard InChI is InChI=1S/C16H24ClFN2/c1-2-20(16-6-4-3-5-13(16)10-19)11-12-7-8-14(17)15(18)9-12/h7-9,13,16H,2-6,10-11,19H2,1H3. The number of hydrogen-bond donors (Lipinski definition) is 1. The molecule has 0 bridgehead atoms. The molecule has 0 heterocycles. The van der Waals surface area contributed by atoms with Crippen molar-refractivity contribution >= 4 is 11.6 Å². The molecule has 112 valence electrons. The van der Waals surface area contributed by atoms with Crippen LogP contribution in [0.2, 0.25) is 5.02 Å². The van der Waals surface area contributed by atoms with Gasteiger partial charge in [0.25, 0.3) is 0 Å². The third kappa shape index (κ3) is 3.72. The fourth-order valence-electron chi connectivity index (χ4n) is 3.28. The minimum absolute atomic E-state index is 0.189. The van der Waals surface area contributed by atoms with E-state index in [-0.39, 0.29) is 10.8 Å². The zero-order chi connectivity index (χ0) is 14.5. The molecule has 20 heavy (non-hydrogen) atoms. The van der Waals surface area contributed by atoms with Gasteiger partial charge in [0.1, 0.15) is 5.82 Å². The zero-order valence-electron chi connectivity index (χ0n) is 12.1. The summed E-state index contributed by atoms with van der Waals surface area (Å²) in [6, 6.07) is 5.62. The summed E-state index contributed by atoms with van der Waals surface area (Å²) in [4.78, 5) is 2.43. The van der Waals surface area contributed by atoms with E-state index in [9.17, 15) is 4.39 Å². The number of rotatable bonds is 5. The van der Waals surface area contributed by atoms with Gasteiger partial charge in [-0.3, -0.25) is 4.90 Å². The molecular weight excluding hydrogens is 275 g/mol. The van der Waals surface area contributed by atoms with Crippen LogP contribution < -0.4 is 5.73 Å². The minimum Gasteiger partial charge on any atom is -0.330 e. The Morgan fingerprint density at radius 3 is 2.75 bits per heavy atom. The molecule has 0 radical (unpaired) electrons. The van der Waals surface area contributed by atoms with Gasteiger partial charge in [-0.1, -0.05) is 37.4 Å². The van der Waals surface area contributed by atoms with E-state index in [1.165, 1.54) is 25.7 Å². The number of benzene rings is 1. The van der Waals surface area contributed by atoms with Gasteiger partial charge in [0.15, 0.2) is 0 Å². The Morgan fingerprint density at radius 1 is 1.35 bits per heavy atom. The Labute approximate surface area is 126 Å². The highest BCUT2D eigenvalue weighted by Gasteiger charge is 2.28. The molecule has 0 aromatic heterocycles. The van der Waals surface area contributed by atoms with Crippen LogP contribution in [0.25, 0.3) is 0 Å². The van der Waals surface area contributed by atoms with Crippen LogP contribution >= 0.6 is 11.6 Å². The second kappa shape index (κ2) is 7.39. The number of hydrogen-bond acceptors (Lipinski definition) is 2. The summed E-state index contributed by atoms with van der Waals surface area (Å²) >= 11 is 5.74. The molecule has 1 aliphatic rings. The van der Waals surface area contributed by atoms with Crippen LogP contribution in [0, 0.1) is 11.7 Å². The van der Waals surface area contributed by atoms with Crippen molar-refractivity contribution in [3.63, 3.8) is 0 Å². The molecule has 4 heteroatoms. The van der Waals surface area contributed by atoms with E-state index in [1.54, 1.807) is 12.1 Å². The lowest BCUT2D eigenvalue weighted by Gasteiger charge is -2.39. The van der Waals surface area contributed by atoms with E-state index in [0.29, 0.717) is 12.0 Å². The quantitative estimate of drug-likeness (QED) is 0.895. The van der Waals surface area contributed by atoms with Crippen LogP contribution in [0.5, 0.6) is 0 Å². The van der Waals surface area contributed by atoms with Crippen LogP contribution in [-0.2, 0) is 6.54 Å². The smallest absolute Gasteiger partial charge is 0.142 e. The van der Waals surface area contributed by atoms with E-state index in [0.717, 1.165) is 25.2 Å². The highest BCUT2D eigenvalue weighted by atomic mass is 35.5. The highest BCUT2D eigenvalue weighted by molar-refractivity contribution is 6.30. The predicted molar refractivity (Wildman–Crippen MR) is 82.3 cm³/mol. The average Bonchev–Trinajstić information content (AvgIpc) is 2.48. The Morgan fingerprint density at radius 2 is 2.10 bits per heavy atom. The van der Waals surface area contributed by atoms with E-state index in [4.69, 9.17) is 17.3 Å². The highest BCUT2D eigenvalue weighted by Crippen LogP contribution is 2.29. The summed E-state index contributed by atoms with van der Waals surface area (Å²) in [5.74, 6) is 0.236. The maximum Gasteiger partial charge on any atom is 0.142 e. The largest absolute Gasteiger partial charge is 0.330 e. The molecule has 0 saturated heterocycles. The molecular formula is C16H24ClFN2. The Hall–Kier alpha value is -0.640. The molecule has 2 atom stereocenters. The van der Waals surface area contributed by atoms with Crippen molar-refractivity contribution in [2.75, 3.05) is 13.1 Å². The van der Waals surface area contributed by atoms with Crippen molar-refractivity contribution in [1.29, 1.82) is 0 Å². The van der Waals surface area contributed by atoms with E-state index >= 15 is 0 Å². The third-order valence-electron chi connectivity index (χ3n) is 4.42. The molecule has 1 fully saturated rings. The van der Waals surface area contributed by atoms with Gasteiger partial charge in [-0.25, -0.2) is 4.39 Å². The summed E-state index contributed by atoms with van der Waals surface area (Å²) in [5, 5.41) is 0.189. The second-order valence-electron chi connectivity index (χ2n) is 5.66. The molecule has 1 saturated carbocycles. The second-order valence-corrected chi connectivity index (χ2v) is 6.07. The third-order valence-corrected chi connectivity index (χ3v) is 4.72. The lowest BCUT2D eigenvalue weighted by Crippen LogP contribution is -2.44. The van der Waals surface area contributed by atoms with Crippen molar-refractivity contribution in [1.82, 2.24) is 4.90 Å². The first kappa shape index (κ1) is 15.7.